The Morgan fingerprint density at radius 3 is 2.67 bits per heavy atom. The van der Waals surface area contributed by atoms with Gasteiger partial charge in [-0.1, -0.05) is 6.58 Å². The van der Waals surface area contributed by atoms with Gasteiger partial charge in [0.05, 0.1) is 0 Å². The molecule has 0 aromatic carbocycles. The highest BCUT2D eigenvalue weighted by Crippen LogP contribution is 2.67. The van der Waals surface area contributed by atoms with Gasteiger partial charge in [-0.25, -0.2) is 9.59 Å². The second-order valence-electron chi connectivity index (χ2n) is 6.46. The van der Waals surface area contributed by atoms with Gasteiger partial charge < -0.3 is 14.2 Å². The first-order valence-corrected chi connectivity index (χ1v) is 7.38. The van der Waals surface area contributed by atoms with Gasteiger partial charge in [0.15, 0.2) is 12.0 Å². The Hall–Kier alpha value is -2.06. The van der Waals surface area contributed by atoms with Gasteiger partial charge in [-0.15, -0.1) is 0 Å². The van der Waals surface area contributed by atoms with Crippen molar-refractivity contribution in [2.45, 2.75) is 38.1 Å². The lowest BCUT2D eigenvalue weighted by Gasteiger charge is -2.33. The van der Waals surface area contributed by atoms with Gasteiger partial charge in [-0.3, -0.25) is 4.79 Å². The zero-order valence-electron chi connectivity index (χ0n) is 12.7. The molecule has 24 heavy (non-hydrogen) atoms. The molecule has 1 saturated heterocycles. The number of carbonyl (C=O) groups excluding carboxylic acids is 3. The molecule has 0 amide bonds. The molecule has 1 heterocycles. The van der Waals surface area contributed by atoms with E-state index in [2.05, 4.69) is 11.3 Å². The van der Waals surface area contributed by atoms with E-state index in [-0.39, 0.29) is 12.0 Å². The van der Waals surface area contributed by atoms with Crippen molar-refractivity contribution in [3.8, 4) is 0 Å². The van der Waals surface area contributed by atoms with Crippen LogP contribution in [0.4, 0.5) is 13.2 Å². The fourth-order valence-electron chi connectivity index (χ4n) is 3.99. The fraction of sp³-hybridized carbons (Fsp3) is 0.667. The van der Waals surface area contributed by atoms with Crippen LogP contribution in [-0.2, 0) is 28.6 Å². The van der Waals surface area contributed by atoms with Crippen molar-refractivity contribution >= 4 is 17.9 Å². The predicted molar refractivity (Wildman–Crippen MR) is 70.2 cm³/mol. The van der Waals surface area contributed by atoms with Crippen LogP contribution in [0.15, 0.2) is 12.2 Å². The first kappa shape index (κ1) is 16.8. The van der Waals surface area contributed by atoms with Crippen LogP contribution in [0.25, 0.3) is 0 Å². The lowest BCUT2D eigenvalue weighted by atomic mass is 9.73. The van der Waals surface area contributed by atoms with Gasteiger partial charge in [0.2, 0.25) is 0 Å². The first-order valence-electron chi connectivity index (χ1n) is 7.38. The van der Waals surface area contributed by atoms with Crippen molar-refractivity contribution in [2.75, 3.05) is 6.61 Å². The van der Waals surface area contributed by atoms with Crippen molar-refractivity contribution in [3.63, 3.8) is 0 Å². The third-order valence-corrected chi connectivity index (χ3v) is 5.01. The highest BCUT2D eigenvalue weighted by Gasteiger charge is 2.80. The number of hydrogen-bond acceptors (Lipinski definition) is 6. The Morgan fingerprint density at radius 1 is 1.42 bits per heavy atom. The van der Waals surface area contributed by atoms with Crippen LogP contribution in [-0.4, -0.2) is 42.9 Å². The van der Waals surface area contributed by atoms with Crippen LogP contribution in [0, 0.1) is 17.3 Å². The van der Waals surface area contributed by atoms with Gasteiger partial charge in [0.1, 0.15) is 12.2 Å². The fourth-order valence-corrected chi connectivity index (χ4v) is 3.99. The van der Waals surface area contributed by atoms with E-state index in [0.29, 0.717) is 0 Å². The third kappa shape index (κ3) is 2.21. The lowest BCUT2D eigenvalue weighted by Crippen LogP contribution is -2.48. The second-order valence-corrected chi connectivity index (χ2v) is 6.46. The largest absolute Gasteiger partial charge is 0.457 e. The van der Waals surface area contributed by atoms with E-state index in [0.717, 1.165) is 0 Å². The number of alkyl halides is 3. The van der Waals surface area contributed by atoms with Crippen LogP contribution in [0.3, 0.4) is 0 Å². The summed E-state index contributed by atoms with van der Waals surface area (Å²) in [5, 5.41) is 0. The molecule has 0 aromatic rings. The minimum Gasteiger partial charge on any atom is -0.457 e. The van der Waals surface area contributed by atoms with Crippen molar-refractivity contribution in [3.05, 3.63) is 12.2 Å². The molecule has 3 aliphatic rings. The summed E-state index contributed by atoms with van der Waals surface area (Å²) in [5.74, 6) is -4.61. The summed E-state index contributed by atoms with van der Waals surface area (Å²) >= 11 is 0. The van der Waals surface area contributed by atoms with E-state index in [1.54, 1.807) is 0 Å². The van der Waals surface area contributed by atoms with Crippen LogP contribution >= 0.6 is 0 Å². The topological polar surface area (TPSA) is 78.9 Å². The smallest absolute Gasteiger partial charge is 0.405 e. The van der Waals surface area contributed by atoms with Crippen molar-refractivity contribution in [2.24, 2.45) is 17.3 Å². The Morgan fingerprint density at radius 2 is 2.08 bits per heavy atom. The summed E-state index contributed by atoms with van der Waals surface area (Å²) in [4.78, 5) is 34.8. The summed E-state index contributed by atoms with van der Waals surface area (Å²) in [5.41, 5.74) is -2.38. The highest BCUT2D eigenvalue weighted by molar-refractivity contribution is 5.88. The molecule has 3 rings (SSSR count). The first-order chi connectivity index (χ1) is 11.1. The normalized spacial score (nSPS) is 36.4. The number of fused-ring (bicyclic) bond motifs is 1. The SMILES string of the molecule is C=C(C)C(=O)OCC(=O)OC1C2CC3C1OC(=O)C3(C(F)(F)F)C2. The molecule has 2 bridgehead atoms. The molecule has 2 aliphatic carbocycles. The molecule has 0 aromatic heterocycles. The number of ether oxygens (including phenoxy) is 3. The van der Waals surface area contributed by atoms with E-state index in [4.69, 9.17) is 9.47 Å². The molecule has 5 unspecified atom stereocenters. The molecule has 2 saturated carbocycles. The molecular weight excluding hydrogens is 333 g/mol. The standard InChI is InChI=1S/C15H15F3O6/c1-6(2)12(20)22-5-9(19)23-10-7-3-8-11(10)24-13(21)14(8,4-7)15(16,17)18/h7-8,10-11H,1,3-5H2,2H3. The zero-order chi connectivity index (χ0) is 17.9. The molecule has 9 heteroatoms. The van der Waals surface area contributed by atoms with Crippen molar-refractivity contribution < 1.29 is 41.8 Å². The maximum atomic E-state index is 13.4. The average Bonchev–Trinajstić information content (AvgIpc) is 3.06. The minimum absolute atomic E-state index is 0.0995. The van der Waals surface area contributed by atoms with E-state index < -0.39 is 66.6 Å². The predicted octanol–water partition coefficient (Wildman–Crippen LogP) is 1.53. The zero-order valence-corrected chi connectivity index (χ0v) is 12.7. The molecule has 3 fully saturated rings. The molecule has 132 valence electrons. The van der Waals surface area contributed by atoms with Gasteiger partial charge in [-0.05, 0) is 19.8 Å². The van der Waals surface area contributed by atoms with Crippen LogP contribution < -0.4 is 0 Å². The summed E-state index contributed by atoms with van der Waals surface area (Å²) in [6, 6.07) is 0. The van der Waals surface area contributed by atoms with Gasteiger partial charge in [0.25, 0.3) is 0 Å². The molecule has 0 N–H and O–H groups in total. The maximum absolute atomic E-state index is 13.4. The Kier molecular flexibility index (Phi) is 3.65. The monoisotopic (exact) mass is 348 g/mol. The summed E-state index contributed by atoms with van der Waals surface area (Å²) < 4.78 is 54.7. The summed E-state index contributed by atoms with van der Waals surface area (Å²) in [6.07, 6.45) is -7.06. The molecule has 0 radical (unpaired) electrons. The maximum Gasteiger partial charge on any atom is 0.405 e. The summed E-state index contributed by atoms with van der Waals surface area (Å²) in [6.45, 7) is 4.07. The van der Waals surface area contributed by atoms with Crippen LogP contribution in [0.2, 0.25) is 0 Å². The number of carbonyl (C=O) groups is 3. The number of halogens is 3. The van der Waals surface area contributed by atoms with E-state index in [1.165, 1.54) is 6.92 Å². The molecule has 5 atom stereocenters. The van der Waals surface area contributed by atoms with Gasteiger partial charge in [0, 0.05) is 17.4 Å². The lowest BCUT2D eigenvalue weighted by molar-refractivity contribution is -0.231. The highest BCUT2D eigenvalue weighted by atomic mass is 19.4. The van der Waals surface area contributed by atoms with E-state index in [9.17, 15) is 27.6 Å². The van der Waals surface area contributed by atoms with Crippen LogP contribution in [0.1, 0.15) is 19.8 Å². The van der Waals surface area contributed by atoms with Gasteiger partial charge >= 0.3 is 24.1 Å². The summed E-state index contributed by atoms with van der Waals surface area (Å²) in [7, 11) is 0. The Labute approximate surface area is 134 Å². The van der Waals surface area contributed by atoms with E-state index in [1.807, 2.05) is 0 Å². The number of hydrogen-bond donors (Lipinski definition) is 0. The van der Waals surface area contributed by atoms with Crippen LogP contribution in [0.5, 0.6) is 0 Å². The Balaban J connectivity index is 1.66. The second kappa shape index (κ2) is 5.22. The van der Waals surface area contributed by atoms with Crippen molar-refractivity contribution in [1.82, 2.24) is 0 Å². The van der Waals surface area contributed by atoms with Gasteiger partial charge in [-0.2, -0.15) is 13.2 Å². The molecule has 0 spiro atoms. The molecular formula is C15H15F3O6. The minimum atomic E-state index is -4.69. The molecule has 6 nitrogen and oxygen atoms in total. The average molecular weight is 348 g/mol. The molecule has 1 aliphatic heterocycles. The van der Waals surface area contributed by atoms with Crippen molar-refractivity contribution in [1.29, 1.82) is 0 Å². The third-order valence-electron chi connectivity index (χ3n) is 5.01. The number of rotatable bonds is 4. The Bertz CT molecular complexity index is 627. The quantitative estimate of drug-likeness (QED) is 0.436. The number of esters is 3. The van der Waals surface area contributed by atoms with E-state index >= 15 is 0 Å².